The van der Waals surface area contributed by atoms with E-state index in [4.69, 9.17) is 15.9 Å². The number of nitrogens with two attached hydrogens (primary N) is 1. The molecule has 0 saturated heterocycles. The Morgan fingerprint density at radius 2 is 1.43 bits per heavy atom. The lowest BCUT2D eigenvalue weighted by Crippen LogP contribution is -2.36. The van der Waals surface area contributed by atoms with Crippen LogP contribution in [0.3, 0.4) is 0 Å². The van der Waals surface area contributed by atoms with Crippen molar-refractivity contribution in [2.75, 3.05) is 19.8 Å². The average molecular weight is 429 g/mol. The van der Waals surface area contributed by atoms with E-state index in [-0.39, 0.29) is 43.6 Å². The second-order valence-electron chi connectivity index (χ2n) is 4.83. The Bertz CT molecular complexity index is 606. The molecule has 0 unspecified atom stereocenters. The zero-order valence-electron chi connectivity index (χ0n) is 15.7. The molecule has 0 aliphatic rings. The van der Waals surface area contributed by atoms with Gasteiger partial charge in [-0.3, -0.25) is 5.41 Å². The molecule has 1 aromatic carbocycles. The third-order valence-electron chi connectivity index (χ3n) is 2.86. The number of nitrogen functional groups attached to an aromatic ring is 1. The quantitative estimate of drug-likeness (QED) is 0.299. The molecule has 160 valence electrons. The molecule has 0 spiro atoms. The van der Waals surface area contributed by atoms with Crippen LogP contribution >= 0.6 is 12.4 Å². The molecule has 0 bridgehead atoms. The van der Waals surface area contributed by atoms with Crippen molar-refractivity contribution in [3.63, 3.8) is 0 Å². The summed E-state index contributed by atoms with van der Waals surface area (Å²) in [6, 6.07) is 4.14. The van der Waals surface area contributed by atoms with Crippen LogP contribution in [0.2, 0.25) is 0 Å². The molecule has 7 nitrogen and oxygen atoms in total. The van der Waals surface area contributed by atoms with Gasteiger partial charge < -0.3 is 19.9 Å². The van der Waals surface area contributed by atoms with Gasteiger partial charge in [0.15, 0.2) is 0 Å². The van der Waals surface area contributed by atoms with Crippen molar-refractivity contribution in [3.05, 3.63) is 35.4 Å². The fourth-order valence-corrected chi connectivity index (χ4v) is 1.67. The zero-order chi connectivity index (χ0) is 21.0. The van der Waals surface area contributed by atoms with Gasteiger partial charge in [0.2, 0.25) is 0 Å². The van der Waals surface area contributed by atoms with E-state index in [0.717, 1.165) is 12.1 Å². The van der Waals surface area contributed by atoms with Gasteiger partial charge in [-0.1, -0.05) is 12.1 Å². The van der Waals surface area contributed by atoms with Gasteiger partial charge in [-0.25, -0.2) is 9.59 Å². The molecule has 11 heteroatoms. The maximum atomic E-state index is 12.0. The van der Waals surface area contributed by atoms with Crippen molar-refractivity contribution in [1.29, 1.82) is 5.41 Å². The number of amidine groups is 1. The highest BCUT2D eigenvalue weighted by Gasteiger charge is 2.30. The molecule has 0 fully saturated rings. The predicted octanol–water partition coefficient (Wildman–Crippen LogP) is 2.93. The van der Waals surface area contributed by atoms with Crippen molar-refractivity contribution >= 4 is 30.2 Å². The van der Waals surface area contributed by atoms with Crippen molar-refractivity contribution in [2.24, 2.45) is 5.73 Å². The molecule has 0 radical (unpaired) electrons. The summed E-state index contributed by atoms with van der Waals surface area (Å²) in [4.78, 5) is 22.4. The molecule has 0 heterocycles. The molecule has 0 saturated carbocycles. The van der Waals surface area contributed by atoms with Gasteiger partial charge in [-0.05, 0) is 32.9 Å². The molecule has 1 rings (SSSR count). The smallest absolute Gasteiger partial charge is 0.416 e. The standard InChI is InChI=1S/C9H16O5.C8H7F3N2.ClH/c1-4-12-7(8(10)13-5-2)9(11)14-6-3;9-8(10,11)6-3-1-5(2-4-6)7(12)13;/h7H,4-6H2,1-3H3;1-4H,(H3,12,13);1H. The summed E-state index contributed by atoms with van der Waals surface area (Å²) >= 11 is 0. The molecule has 0 aliphatic heterocycles. The molecule has 0 aliphatic carbocycles. The second kappa shape index (κ2) is 13.8. The zero-order valence-corrected chi connectivity index (χ0v) is 16.5. The number of rotatable bonds is 7. The first-order chi connectivity index (χ1) is 12.6. The summed E-state index contributed by atoms with van der Waals surface area (Å²) in [6.07, 6.45) is -5.59. The largest absolute Gasteiger partial charge is 0.464 e. The van der Waals surface area contributed by atoms with Crippen molar-refractivity contribution < 1.29 is 37.0 Å². The Morgan fingerprint density at radius 1 is 1.00 bits per heavy atom. The summed E-state index contributed by atoms with van der Waals surface area (Å²) in [7, 11) is 0. The predicted molar refractivity (Wildman–Crippen MR) is 98.4 cm³/mol. The highest BCUT2D eigenvalue weighted by molar-refractivity contribution is 5.98. The van der Waals surface area contributed by atoms with Crippen LogP contribution in [0.4, 0.5) is 13.2 Å². The topological polar surface area (TPSA) is 112 Å². The Labute approximate surface area is 167 Å². The third kappa shape index (κ3) is 10.1. The lowest BCUT2D eigenvalue weighted by Gasteiger charge is -2.13. The average Bonchev–Trinajstić information content (AvgIpc) is 2.60. The van der Waals surface area contributed by atoms with Gasteiger partial charge in [-0.15, -0.1) is 12.4 Å². The first kappa shape index (κ1) is 27.9. The number of ether oxygens (including phenoxy) is 3. The Balaban J connectivity index is 0. The number of halogens is 4. The molecular formula is C17H24ClF3N2O5. The summed E-state index contributed by atoms with van der Waals surface area (Å²) < 4.78 is 50.3. The monoisotopic (exact) mass is 428 g/mol. The first-order valence-corrected chi connectivity index (χ1v) is 8.04. The fourth-order valence-electron chi connectivity index (χ4n) is 1.67. The molecule has 1 aromatic rings. The molecule has 28 heavy (non-hydrogen) atoms. The summed E-state index contributed by atoms with van der Waals surface area (Å²) in [5.74, 6) is -1.64. The van der Waals surface area contributed by atoms with E-state index in [2.05, 4.69) is 9.47 Å². The third-order valence-corrected chi connectivity index (χ3v) is 2.86. The number of hydrogen-bond acceptors (Lipinski definition) is 6. The fraction of sp³-hybridized carbons (Fsp3) is 0.471. The van der Waals surface area contributed by atoms with Gasteiger partial charge in [-0.2, -0.15) is 13.2 Å². The highest BCUT2D eigenvalue weighted by atomic mass is 35.5. The van der Waals surface area contributed by atoms with Gasteiger partial charge in [0.1, 0.15) is 5.84 Å². The number of carbonyl (C=O) groups excluding carboxylic acids is 2. The van der Waals surface area contributed by atoms with Gasteiger partial charge in [0.25, 0.3) is 6.10 Å². The summed E-state index contributed by atoms with van der Waals surface area (Å²) in [5, 5.41) is 6.96. The van der Waals surface area contributed by atoms with E-state index in [1.165, 1.54) is 12.1 Å². The van der Waals surface area contributed by atoms with Crippen molar-refractivity contribution in [3.8, 4) is 0 Å². The minimum atomic E-state index is -4.34. The second-order valence-corrected chi connectivity index (χ2v) is 4.83. The van der Waals surface area contributed by atoms with Crippen LogP contribution in [0.25, 0.3) is 0 Å². The minimum absolute atomic E-state index is 0. The lowest BCUT2D eigenvalue weighted by atomic mass is 10.1. The number of benzene rings is 1. The molecule has 0 atom stereocenters. The Hall–Kier alpha value is -2.33. The summed E-state index contributed by atoms with van der Waals surface area (Å²) in [6.45, 7) is 5.68. The van der Waals surface area contributed by atoms with Gasteiger partial charge in [0, 0.05) is 12.2 Å². The summed E-state index contributed by atoms with van der Waals surface area (Å²) in [5.41, 5.74) is 4.62. The van der Waals surface area contributed by atoms with Crippen LogP contribution in [0.1, 0.15) is 31.9 Å². The number of hydrogen-bond donors (Lipinski definition) is 2. The molecule has 0 amide bonds. The van der Waals surface area contributed by atoms with E-state index in [0.29, 0.717) is 0 Å². The SMILES string of the molecule is CCOC(=O)C(OCC)C(=O)OCC.Cl.N=C(N)c1ccc(C(F)(F)F)cc1. The minimum Gasteiger partial charge on any atom is -0.464 e. The van der Waals surface area contributed by atoms with Crippen molar-refractivity contribution in [1.82, 2.24) is 0 Å². The first-order valence-electron chi connectivity index (χ1n) is 8.04. The van der Waals surface area contributed by atoms with Crippen LogP contribution in [0.5, 0.6) is 0 Å². The van der Waals surface area contributed by atoms with Crippen molar-refractivity contribution in [2.45, 2.75) is 33.1 Å². The number of carbonyl (C=O) groups is 2. The van der Waals surface area contributed by atoms with Gasteiger partial charge in [0.05, 0.1) is 18.8 Å². The molecular weight excluding hydrogens is 405 g/mol. The van der Waals surface area contributed by atoms with Crippen LogP contribution in [-0.2, 0) is 30.0 Å². The molecule has 0 aromatic heterocycles. The van der Waals surface area contributed by atoms with Gasteiger partial charge >= 0.3 is 18.1 Å². The van der Waals surface area contributed by atoms with E-state index in [1.807, 2.05) is 0 Å². The van der Waals surface area contributed by atoms with E-state index >= 15 is 0 Å². The van der Waals surface area contributed by atoms with Crippen LogP contribution in [0.15, 0.2) is 24.3 Å². The van der Waals surface area contributed by atoms with E-state index in [1.54, 1.807) is 20.8 Å². The van der Waals surface area contributed by atoms with E-state index < -0.39 is 29.8 Å². The maximum absolute atomic E-state index is 12.0. The number of esters is 2. The number of alkyl halides is 3. The Morgan fingerprint density at radius 3 is 1.71 bits per heavy atom. The van der Waals surface area contributed by atoms with Crippen LogP contribution in [0, 0.1) is 5.41 Å². The molecule has 3 N–H and O–H groups in total. The Kier molecular flexibility index (Phi) is 13.7. The normalized spacial score (nSPS) is 10.2. The van der Waals surface area contributed by atoms with E-state index in [9.17, 15) is 22.8 Å². The number of nitrogens with one attached hydrogen (secondary N) is 1. The highest BCUT2D eigenvalue weighted by Crippen LogP contribution is 2.28. The lowest BCUT2D eigenvalue weighted by molar-refractivity contribution is -0.172. The van der Waals surface area contributed by atoms with Crippen LogP contribution < -0.4 is 5.73 Å². The maximum Gasteiger partial charge on any atom is 0.416 e. The van der Waals surface area contributed by atoms with Crippen LogP contribution in [-0.4, -0.2) is 43.7 Å².